The SMILES string of the molecule is CCC(NCCOCC(F)(F)F)c1ccc(Cl)c(Cl)c1. The molecule has 0 spiro atoms. The van der Waals surface area contributed by atoms with Crippen molar-refractivity contribution in [2.24, 2.45) is 0 Å². The maximum Gasteiger partial charge on any atom is 0.411 e. The Morgan fingerprint density at radius 1 is 1.25 bits per heavy atom. The van der Waals surface area contributed by atoms with Crippen LogP contribution in [0.2, 0.25) is 10.0 Å². The van der Waals surface area contributed by atoms with E-state index in [1.807, 2.05) is 13.0 Å². The van der Waals surface area contributed by atoms with Crippen molar-refractivity contribution in [3.63, 3.8) is 0 Å². The van der Waals surface area contributed by atoms with Gasteiger partial charge in [-0.15, -0.1) is 0 Å². The highest BCUT2D eigenvalue weighted by atomic mass is 35.5. The molecule has 0 aliphatic rings. The zero-order valence-corrected chi connectivity index (χ0v) is 12.4. The lowest BCUT2D eigenvalue weighted by Gasteiger charge is -2.18. The average molecular weight is 330 g/mol. The Balaban J connectivity index is 2.41. The van der Waals surface area contributed by atoms with Gasteiger partial charge in [-0.25, -0.2) is 0 Å². The lowest BCUT2D eigenvalue weighted by Crippen LogP contribution is -2.27. The van der Waals surface area contributed by atoms with Gasteiger partial charge < -0.3 is 10.1 Å². The fraction of sp³-hybridized carbons (Fsp3) is 0.538. The van der Waals surface area contributed by atoms with Crippen LogP contribution in [0.25, 0.3) is 0 Å². The quantitative estimate of drug-likeness (QED) is 0.737. The van der Waals surface area contributed by atoms with E-state index in [2.05, 4.69) is 10.1 Å². The molecule has 0 bridgehead atoms. The van der Waals surface area contributed by atoms with E-state index in [1.54, 1.807) is 12.1 Å². The van der Waals surface area contributed by atoms with E-state index in [9.17, 15) is 13.2 Å². The lowest BCUT2D eigenvalue weighted by atomic mass is 10.0. The first-order valence-electron chi connectivity index (χ1n) is 6.16. The summed E-state index contributed by atoms with van der Waals surface area (Å²) < 4.78 is 40.2. The smallest absolute Gasteiger partial charge is 0.371 e. The zero-order chi connectivity index (χ0) is 15.2. The van der Waals surface area contributed by atoms with Gasteiger partial charge in [-0.3, -0.25) is 0 Å². The molecular formula is C13H16Cl2F3NO. The van der Waals surface area contributed by atoms with Crippen molar-refractivity contribution >= 4 is 23.2 Å². The summed E-state index contributed by atoms with van der Waals surface area (Å²) in [5.74, 6) is 0. The largest absolute Gasteiger partial charge is 0.411 e. The van der Waals surface area contributed by atoms with Gasteiger partial charge in [0.15, 0.2) is 0 Å². The summed E-state index contributed by atoms with van der Waals surface area (Å²) in [5.41, 5.74) is 0.942. The molecule has 0 radical (unpaired) electrons. The molecule has 20 heavy (non-hydrogen) atoms. The molecule has 7 heteroatoms. The third-order valence-electron chi connectivity index (χ3n) is 2.66. The molecule has 0 aromatic heterocycles. The molecule has 0 aliphatic carbocycles. The molecule has 114 valence electrons. The maximum absolute atomic E-state index is 11.9. The van der Waals surface area contributed by atoms with Gasteiger partial charge in [0.25, 0.3) is 0 Å². The van der Waals surface area contributed by atoms with E-state index in [0.717, 1.165) is 12.0 Å². The second kappa shape index (κ2) is 8.08. The summed E-state index contributed by atoms with van der Waals surface area (Å²) in [5, 5.41) is 4.05. The van der Waals surface area contributed by atoms with Crippen LogP contribution >= 0.6 is 23.2 Å². The number of hydrogen-bond donors (Lipinski definition) is 1. The molecule has 1 unspecified atom stereocenters. The maximum atomic E-state index is 11.9. The molecular weight excluding hydrogens is 314 g/mol. The highest BCUT2D eigenvalue weighted by molar-refractivity contribution is 6.42. The number of rotatable bonds is 7. The Hall–Kier alpha value is -0.490. The van der Waals surface area contributed by atoms with Crippen molar-refractivity contribution in [1.29, 1.82) is 0 Å². The minimum Gasteiger partial charge on any atom is -0.371 e. The van der Waals surface area contributed by atoms with E-state index in [0.29, 0.717) is 16.6 Å². The molecule has 0 fully saturated rings. The van der Waals surface area contributed by atoms with Gasteiger partial charge >= 0.3 is 6.18 Å². The predicted octanol–water partition coefficient (Wildman–Crippen LogP) is 4.61. The Morgan fingerprint density at radius 2 is 1.95 bits per heavy atom. The summed E-state index contributed by atoms with van der Waals surface area (Å²) >= 11 is 11.8. The van der Waals surface area contributed by atoms with Gasteiger partial charge in [-0.05, 0) is 24.1 Å². The van der Waals surface area contributed by atoms with Crippen LogP contribution in [-0.2, 0) is 4.74 Å². The number of halogens is 5. The summed E-state index contributed by atoms with van der Waals surface area (Å²) in [4.78, 5) is 0. The van der Waals surface area contributed by atoms with E-state index in [1.165, 1.54) is 0 Å². The van der Waals surface area contributed by atoms with E-state index in [4.69, 9.17) is 23.2 Å². The van der Waals surface area contributed by atoms with E-state index < -0.39 is 12.8 Å². The van der Waals surface area contributed by atoms with Crippen molar-refractivity contribution in [2.75, 3.05) is 19.8 Å². The van der Waals surface area contributed by atoms with Crippen molar-refractivity contribution in [2.45, 2.75) is 25.6 Å². The molecule has 0 heterocycles. The summed E-state index contributed by atoms with van der Waals surface area (Å²) in [6.07, 6.45) is -3.51. The number of ether oxygens (including phenoxy) is 1. The minimum atomic E-state index is -4.28. The number of benzene rings is 1. The van der Waals surface area contributed by atoms with Gasteiger partial charge in [-0.1, -0.05) is 36.2 Å². The standard InChI is InChI=1S/C13H16Cl2F3NO/c1-2-12(9-3-4-10(14)11(15)7-9)19-5-6-20-8-13(16,17)18/h3-4,7,12,19H,2,5-6,8H2,1H3. The normalized spacial score (nSPS) is 13.5. The van der Waals surface area contributed by atoms with Crippen molar-refractivity contribution < 1.29 is 17.9 Å². The Labute approximate surface area is 126 Å². The third kappa shape index (κ3) is 6.31. The predicted molar refractivity (Wildman–Crippen MR) is 74.4 cm³/mol. The Morgan fingerprint density at radius 3 is 2.50 bits per heavy atom. The first-order chi connectivity index (χ1) is 9.33. The van der Waals surface area contributed by atoms with Crippen molar-refractivity contribution in [3.8, 4) is 0 Å². The molecule has 0 amide bonds. The lowest BCUT2D eigenvalue weighted by molar-refractivity contribution is -0.173. The van der Waals surface area contributed by atoms with Crippen LogP contribution in [0.15, 0.2) is 18.2 Å². The Bertz CT molecular complexity index is 427. The van der Waals surface area contributed by atoms with Crippen LogP contribution < -0.4 is 5.32 Å². The van der Waals surface area contributed by atoms with Crippen LogP contribution in [-0.4, -0.2) is 25.9 Å². The number of hydrogen-bond acceptors (Lipinski definition) is 2. The van der Waals surface area contributed by atoms with E-state index in [-0.39, 0.29) is 12.6 Å². The first-order valence-corrected chi connectivity index (χ1v) is 6.92. The molecule has 1 rings (SSSR count). The van der Waals surface area contributed by atoms with Crippen LogP contribution in [0.1, 0.15) is 24.9 Å². The highest BCUT2D eigenvalue weighted by Gasteiger charge is 2.27. The molecule has 0 saturated carbocycles. The summed E-state index contributed by atoms with van der Waals surface area (Å²) in [7, 11) is 0. The zero-order valence-electron chi connectivity index (χ0n) is 10.9. The third-order valence-corrected chi connectivity index (χ3v) is 3.40. The van der Waals surface area contributed by atoms with E-state index >= 15 is 0 Å². The highest BCUT2D eigenvalue weighted by Crippen LogP contribution is 2.26. The average Bonchev–Trinajstić information content (AvgIpc) is 2.36. The molecule has 0 aliphatic heterocycles. The van der Waals surface area contributed by atoms with Crippen LogP contribution in [0.5, 0.6) is 0 Å². The number of alkyl halides is 3. The summed E-state index contributed by atoms with van der Waals surface area (Å²) in [6.45, 7) is 1.07. The first kappa shape index (κ1) is 17.6. The molecule has 1 aromatic carbocycles. The van der Waals surface area contributed by atoms with Gasteiger partial charge in [0.1, 0.15) is 6.61 Å². The molecule has 2 nitrogen and oxygen atoms in total. The molecule has 1 N–H and O–H groups in total. The summed E-state index contributed by atoms with van der Waals surface area (Å²) in [6, 6.07) is 5.29. The fourth-order valence-electron chi connectivity index (χ4n) is 1.72. The van der Waals surface area contributed by atoms with Crippen LogP contribution in [0.3, 0.4) is 0 Å². The topological polar surface area (TPSA) is 21.3 Å². The van der Waals surface area contributed by atoms with Crippen molar-refractivity contribution in [1.82, 2.24) is 5.32 Å². The molecule has 0 saturated heterocycles. The number of nitrogens with one attached hydrogen (secondary N) is 1. The van der Waals surface area contributed by atoms with Gasteiger partial charge in [0.2, 0.25) is 0 Å². The van der Waals surface area contributed by atoms with Gasteiger partial charge in [0, 0.05) is 12.6 Å². The molecule has 1 aromatic rings. The van der Waals surface area contributed by atoms with Gasteiger partial charge in [0.05, 0.1) is 16.7 Å². The second-order valence-electron chi connectivity index (χ2n) is 4.26. The van der Waals surface area contributed by atoms with Crippen LogP contribution in [0, 0.1) is 0 Å². The Kier molecular flexibility index (Phi) is 7.09. The monoisotopic (exact) mass is 329 g/mol. The van der Waals surface area contributed by atoms with Crippen LogP contribution in [0.4, 0.5) is 13.2 Å². The minimum absolute atomic E-state index is 0.000691. The van der Waals surface area contributed by atoms with Gasteiger partial charge in [-0.2, -0.15) is 13.2 Å². The second-order valence-corrected chi connectivity index (χ2v) is 5.07. The molecule has 1 atom stereocenters. The van der Waals surface area contributed by atoms with Crippen molar-refractivity contribution in [3.05, 3.63) is 33.8 Å². The fourth-order valence-corrected chi connectivity index (χ4v) is 2.03.